The Morgan fingerprint density at radius 3 is 0.899 bits per heavy atom. The molecule has 0 saturated heterocycles. The molecular formula is C69H129N3O7. The molecule has 4 N–H and O–H groups in total. The predicted octanol–water partition coefficient (Wildman–Crippen LogP) is 20.2. The van der Waals surface area contributed by atoms with E-state index >= 15 is 0 Å². The van der Waals surface area contributed by atoms with Crippen molar-refractivity contribution < 1.29 is 34.8 Å². The Labute approximate surface area is 487 Å². The highest BCUT2D eigenvalue weighted by atomic mass is 16.4. The van der Waals surface area contributed by atoms with Gasteiger partial charge in [0.05, 0.1) is 0 Å². The van der Waals surface area contributed by atoms with Gasteiger partial charge in [-0.25, -0.2) is 0 Å². The molecule has 3 unspecified atom stereocenters. The molecule has 0 aliphatic heterocycles. The van der Waals surface area contributed by atoms with Crippen LogP contribution in [-0.4, -0.2) is 93.3 Å². The van der Waals surface area contributed by atoms with Gasteiger partial charge in [-0.2, -0.15) is 0 Å². The highest BCUT2D eigenvalue weighted by Crippen LogP contribution is 2.36. The molecule has 0 spiro atoms. The number of unbranched alkanes of at least 4 members (excludes halogenated alkanes) is 41. The molecule has 0 saturated carbocycles. The van der Waals surface area contributed by atoms with Crippen molar-refractivity contribution in [3.8, 4) is 5.75 Å². The van der Waals surface area contributed by atoms with Gasteiger partial charge in [0, 0.05) is 55.1 Å². The van der Waals surface area contributed by atoms with Gasteiger partial charge in [0.25, 0.3) is 0 Å². The number of phenolic OH excluding ortho intramolecular Hbond substituents is 1. The third kappa shape index (κ3) is 43.6. The minimum atomic E-state index is -0.669. The number of carbonyl (C=O) groups is 3. The Morgan fingerprint density at radius 2 is 0.608 bits per heavy atom. The van der Waals surface area contributed by atoms with Gasteiger partial charge in [0.15, 0.2) is 0 Å². The van der Waals surface area contributed by atoms with Gasteiger partial charge in [-0.1, -0.05) is 250 Å². The summed E-state index contributed by atoms with van der Waals surface area (Å²) >= 11 is 0. The third-order valence-electron chi connectivity index (χ3n) is 17.7. The van der Waals surface area contributed by atoms with Crippen LogP contribution in [-0.2, 0) is 20.9 Å². The molecule has 79 heavy (non-hydrogen) atoms. The minimum Gasteiger partial charge on any atom is -0.507 e. The van der Waals surface area contributed by atoms with Crippen LogP contribution in [0, 0.1) is 0 Å². The standard InChI is InChI=1S/C69H129N3O7/c1-60(51-45-39-33-27-21-15-11-12-18-24-30-36-42-48-54-68(77)78)72(6)59-64-57-63(61(2)70(4)55-49-43-37-31-25-19-13-7-9-16-22-28-34-40-46-52-66(73)74)58-65(69(64)79)62(3)71(5)56-50-44-38-32-26-20-14-8-10-17-23-29-35-41-47-53-67(75)76/h57-58,60-62,79H,7-56,59H2,1-6H3,(H,73,74)(H,75,76)(H,77,78). The topological polar surface area (TPSA) is 142 Å². The first-order valence-electron chi connectivity index (χ1n) is 33.9. The van der Waals surface area contributed by atoms with Crippen molar-refractivity contribution in [2.45, 2.75) is 354 Å². The number of rotatable bonds is 60. The maximum Gasteiger partial charge on any atom is 0.303 e. The molecule has 1 rings (SSSR count). The van der Waals surface area contributed by atoms with Crippen LogP contribution < -0.4 is 0 Å². The van der Waals surface area contributed by atoms with Crippen molar-refractivity contribution in [2.24, 2.45) is 0 Å². The lowest BCUT2D eigenvalue weighted by atomic mass is 9.94. The Hall–Kier alpha value is -2.69. The fraction of sp³-hybridized carbons (Fsp3) is 0.870. The Morgan fingerprint density at radius 1 is 0.354 bits per heavy atom. The second-order valence-corrected chi connectivity index (χ2v) is 25.0. The Balaban J connectivity index is 2.61. The first kappa shape index (κ1) is 74.3. The lowest BCUT2D eigenvalue weighted by molar-refractivity contribution is -0.138. The third-order valence-corrected chi connectivity index (χ3v) is 17.7. The number of aromatic hydroxyl groups is 1. The van der Waals surface area contributed by atoms with Crippen molar-refractivity contribution >= 4 is 17.9 Å². The van der Waals surface area contributed by atoms with Gasteiger partial charge in [0.2, 0.25) is 0 Å². The summed E-state index contributed by atoms with van der Waals surface area (Å²) in [5, 5.41) is 38.5. The van der Waals surface area contributed by atoms with Gasteiger partial charge < -0.3 is 20.4 Å². The first-order valence-corrected chi connectivity index (χ1v) is 33.9. The zero-order valence-corrected chi connectivity index (χ0v) is 52.8. The number of hydrogen-bond donors (Lipinski definition) is 4. The van der Waals surface area contributed by atoms with Crippen LogP contribution in [0.1, 0.15) is 358 Å². The zero-order chi connectivity index (χ0) is 58.0. The number of carboxylic acids is 3. The van der Waals surface area contributed by atoms with E-state index in [4.69, 9.17) is 15.3 Å². The molecule has 0 aliphatic carbocycles. The lowest BCUT2D eigenvalue weighted by Gasteiger charge is -2.31. The number of hydrogen-bond acceptors (Lipinski definition) is 7. The summed E-state index contributed by atoms with van der Waals surface area (Å²) in [6.07, 6.45) is 57.1. The lowest BCUT2D eigenvalue weighted by Crippen LogP contribution is -2.29. The van der Waals surface area contributed by atoms with Crippen LogP contribution in [0.25, 0.3) is 0 Å². The van der Waals surface area contributed by atoms with Gasteiger partial charge in [-0.3, -0.25) is 29.1 Å². The fourth-order valence-electron chi connectivity index (χ4n) is 11.7. The van der Waals surface area contributed by atoms with Crippen LogP contribution in [0.2, 0.25) is 0 Å². The number of phenols is 1. The van der Waals surface area contributed by atoms with Gasteiger partial charge in [-0.15, -0.1) is 0 Å². The van der Waals surface area contributed by atoms with E-state index in [2.05, 4.69) is 68.7 Å². The second kappa shape index (κ2) is 52.1. The average Bonchev–Trinajstić information content (AvgIpc) is 3.43. The summed E-state index contributed by atoms with van der Waals surface area (Å²) < 4.78 is 0. The molecule has 0 aliphatic rings. The van der Waals surface area contributed by atoms with E-state index in [1.807, 2.05) is 0 Å². The highest BCUT2D eigenvalue weighted by Gasteiger charge is 2.23. The summed E-state index contributed by atoms with van der Waals surface area (Å²) in [7, 11) is 6.79. The summed E-state index contributed by atoms with van der Waals surface area (Å²) in [6, 6.07) is 5.48. The van der Waals surface area contributed by atoms with Crippen molar-refractivity contribution in [3.63, 3.8) is 0 Å². The molecule has 462 valence electrons. The van der Waals surface area contributed by atoms with Crippen molar-refractivity contribution in [1.82, 2.24) is 14.7 Å². The molecule has 0 bridgehead atoms. The predicted molar refractivity (Wildman–Crippen MR) is 336 cm³/mol. The largest absolute Gasteiger partial charge is 0.507 e. The van der Waals surface area contributed by atoms with E-state index in [1.165, 1.54) is 256 Å². The molecule has 0 heterocycles. The molecule has 1 aromatic rings. The van der Waals surface area contributed by atoms with Crippen molar-refractivity contribution in [3.05, 3.63) is 28.8 Å². The summed E-state index contributed by atoms with van der Waals surface area (Å²) in [4.78, 5) is 39.5. The first-order chi connectivity index (χ1) is 38.2. The van der Waals surface area contributed by atoms with Gasteiger partial charge in [0.1, 0.15) is 5.75 Å². The SMILES string of the molecule is CC(CCCCCCCCCCCCCCCCC(=O)O)N(C)Cc1cc(C(C)N(C)CCCCCCCCCCCCCCCCCC(=O)O)cc(C(C)N(C)CCCCCCCCCCCCCCCCCC(=O)O)c1O. The molecule has 0 aromatic heterocycles. The molecule has 0 amide bonds. The second-order valence-electron chi connectivity index (χ2n) is 25.0. The van der Waals surface area contributed by atoms with E-state index in [0.717, 1.165) is 69.3 Å². The van der Waals surface area contributed by atoms with E-state index in [9.17, 15) is 19.5 Å². The fourth-order valence-corrected chi connectivity index (χ4v) is 11.7. The van der Waals surface area contributed by atoms with Crippen LogP contribution in [0.3, 0.4) is 0 Å². The van der Waals surface area contributed by atoms with E-state index < -0.39 is 17.9 Å². The average molecular weight is 1110 g/mol. The molecule has 10 nitrogen and oxygen atoms in total. The summed E-state index contributed by atoms with van der Waals surface area (Å²) in [5.41, 5.74) is 3.45. The molecule has 0 radical (unpaired) electrons. The van der Waals surface area contributed by atoms with Crippen molar-refractivity contribution in [2.75, 3.05) is 34.2 Å². The smallest absolute Gasteiger partial charge is 0.303 e. The number of aliphatic carboxylic acids is 3. The molecule has 0 fully saturated rings. The molecule has 10 heteroatoms. The Kier molecular flexibility index (Phi) is 49.1. The van der Waals surface area contributed by atoms with Crippen LogP contribution in [0.15, 0.2) is 12.1 Å². The molecule has 1 aromatic carbocycles. The Bertz CT molecular complexity index is 1590. The summed E-state index contributed by atoms with van der Waals surface area (Å²) in [6.45, 7) is 9.89. The van der Waals surface area contributed by atoms with E-state index in [0.29, 0.717) is 31.1 Å². The maximum atomic E-state index is 12.1. The normalized spacial score (nSPS) is 13.0. The maximum absolute atomic E-state index is 12.1. The van der Waals surface area contributed by atoms with Gasteiger partial charge in [-0.05, 0) is 111 Å². The summed E-state index contributed by atoms with van der Waals surface area (Å²) in [5.74, 6) is -1.52. The molecular weight excluding hydrogens is 983 g/mol. The number of nitrogens with zero attached hydrogens (tertiary/aromatic N) is 3. The highest BCUT2D eigenvalue weighted by molar-refractivity contribution is 5.67. The quantitative estimate of drug-likeness (QED) is 0.0466. The molecule has 3 atom stereocenters. The van der Waals surface area contributed by atoms with E-state index in [1.54, 1.807) is 0 Å². The van der Waals surface area contributed by atoms with Gasteiger partial charge >= 0.3 is 17.9 Å². The van der Waals surface area contributed by atoms with E-state index in [-0.39, 0.29) is 12.1 Å². The van der Waals surface area contributed by atoms with Crippen molar-refractivity contribution in [1.29, 1.82) is 0 Å². The minimum absolute atomic E-state index is 0.122. The number of benzene rings is 1. The monoisotopic (exact) mass is 1110 g/mol. The van der Waals surface area contributed by atoms with Crippen LogP contribution in [0.4, 0.5) is 0 Å². The number of carboxylic acid groups (broad SMARTS) is 3. The van der Waals surface area contributed by atoms with Crippen LogP contribution >= 0.6 is 0 Å². The zero-order valence-electron chi connectivity index (χ0n) is 52.8. The van der Waals surface area contributed by atoms with Crippen LogP contribution in [0.5, 0.6) is 5.75 Å².